The monoisotopic (exact) mass is 348 g/mol. The topological polar surface area (TPSA) is 88.5 Å². The predicted octanol–water partition coefficient (Wildman–Crippen LogP) is 2.79. The lowest BCUT2D eigenvalue weighted by molar-refractivity contribution is -0.146. The van der Waals surface area contributed by atoms with Crippen molar-refractivity contribution in [1.29, 1.82) is 0 Å². The minimum atomic E-state index is -1.24. The molecule has 1 amide bonds. The normalized spacial score (nSPS) is 11.0. The van der Waals surface area contributed by atoms with Crippen molar-refractivity contribution in [2.24, 2.45) is 0 Å². The molecule has 0 atom stereocenters. The van der Waals surface area contributed by atoms with E-state index in [2.05, 4.69) is 15.0 Å². The summed E-state index contributed by atoms with van der Waals surface area (Å²) in [5.74, 6) is -1.59. The molecule has 0 unspecified atom stereocenters. The van der Waals surface area contributed by atoms with Crippen LogP contribution in [0.25, 0.3) is 11.1 Å². The summed E-state index contributed by atoms with van der Waals surface area (Å²) < 4.78 is 4.62. The summed E-state index contributed by atoms with van der Waals surface area (Å²) in [6.45, 7) is 2.99. The van der Waals surface area contributed by atoms with E-state index in [9.17, 15) is 14.7 Å². The van der Waals surface area contributed by atoms with Gasteiger partial charge >= 0.3 is 5.97 Å². The molecule has 0 radical (unpaired) electrons. The maximum atomic E-state index is 12.2. The van der Waals surface area contributed by atoms with Gasteiger partial charge < -0.3 is 15.2 Å². The molecule has 7 heteroatoms. The first-order valence-electron chi connectivity index (χ1n) is 7.10. The van der Waals surface area contributed by atoms with E-state index in [1.165, 1.54) is 33.2 Å². The van der Waals surface area contributed by atoms with Crippen molar-refractivity contribution in [2.75, 3.05) is 7.11 Å². The van der Waals surface area contributed by atoms with Gasteiger partial charge in [-0.25, -0.2) is 9.78 Å². The Balaban J connectivity index is 2.27. The first kappa shape index (κ1) is 17.7. The number of hydrogen-bond acceptors (Lipinski definition) is 5. The number of carbonyl (C=O) groups is 2. The highest BCUT2D eigenvalue weighted by atomic mass is 35.5. The Labute approximate surface area is 144 Å². The molecule has 0 saturated carbocycles. The fraction of sp³-hybridized carbons (Fsp3) is 0.235. The Morgan fingerprint density at radius 2 is 1.96 bits per heavy atom. The zero-order valence-electron chi connectivity index (χ0n) is 13.5. The van der Waals surface area contributed by atoms with Crippen LogP contribution >= 0.6 is 11.6 Å². The van der Waals surface area contributed by atoms with Crippen molar-refractivity contribution in [1.82, 2.24) is 10.3 Å². The fourth-order valence-electron chi connectivity index (χ4n) is 2.10. The number of esters is 1. The van der Waals surface area contributed by atoms with Crippen molar-refractivity contribution in [3.8, 4) is 16.9 Å². The summed E-state index contributed by atoms with van der Waals surface area (Å²) in [5.41, 5.74) is -0.0605. The minimum Gasteiger partial charge on any atom is -0.505 e. The molecule has 0 aliphatic rings. The zero-order valence-corrected chi connectivity index (χ0v) is 14.2. The number of pyridine rings is 1. The molecule has 0 fully saturated rings. The van der Waals surface area contributed by atoms with Gasteiger partial charge in [0.15, 0.2) is 5.69 Å². The van der Waals surface area contributed by atoms with E-state index in [0.717, 1.165) is 5.56 Å². The number of aromatic hydroxyl groups is 1. The van der Waals surface area contributed by atoms with Crippen LogP contribution in [0.15, 0.2) is 36.5 Å². The van der Waals surface area contributed by atoms with Gasteiger partial charge in [0.2, 0.25) is 0 Å². The van der Waals surface area contributed by atoms with Gasteiger partial charge in [-0.2, -0.15) is 0 Å². The van der Waals surface area contributed by atoms with Gasteiger partial charge in [-0.15, -0.1) is 0 Å². The maximum Gasteiger partial charge on any atom is 0.330 e. The number of hydrogen-bond donors (Lipinski definition) is 2. The van der Waals surface area contributed by atoms with Gasteiger partial charge in [-0.1, -0.05) is 23.7 Å². The lowest BCUT2D eigenvalue weighted by atomic mass is 10.0. The minimum absolute atomic E-state index is 0.183. The number of ether oxygens (including phenoxy) is 1. The molecule has 0 saturated heterocycles. The van der Waals surface area contributed by atoms with Crippen molar-refractivity contribution in [3.63, 3.8) is 0 Å². The molecule has 6 nitrogen and oxygen atoms in total. The summed E-state index contributed by atoms with van der Waals surface area (Å²) in [6.07, 6.45) is 1.45. The van der Waals surface area contributed by atoms with Crippen LogP contribution in [-0.4, -0.2) is 34.6 Å². The third-order valence-corrected chi connectivity index (χ3v) is 3.60. The van der Waals surface area contributed by atoms with Gasteiger partial charge in [-0.3, -0.25) is 4.79 Å². The van der Waals surface area contributed by atoms with E-state index in [1.807, 2.05) is 6.07 Å². The SMILES string of the molecule is COC(=O)C(C)(C)NC(=O)c1ncc(-c2cccc(Cl)c2)cc1O. The molecule has 0 bridgehead atoms. The van der Waals surface area contributed by atoms with E-state index in [4.69, 9.17) is 11.6 Å². The molecule has 1 aromatic carbocycles. The first-order chi connectivity index (χ1) is 11.2. The molecule has 2 N–H and O–H groups in total. The van der Waals surface area contributed by atoms with Crippen molar-refractivity contribution in [3.05, 3.63) is 47.2 Å². The Morgan fingerprint density at radius 3 is 2.54 bits per heavy atom. The smallest absolute Gasteiger partial charge is 0.330 e. The largest absolute Gasteiger partial charge is 0.505 e. The Hall–Kier alpha value is -2.60. The van der Waals surface area contributed by atoms with Crippen LogP contribution in [0.5, 0.6) is 5.75 Å². The molecule has 0 aliphatic carbocycles. The lowest BCUT2D eigenvalue weighted by Crippen LogP contribution is -2.50. The van der Waals surface area contributed by atoms with Crippen LogP contribution in [0.3, 0.4) is 0 Å². The summed E-state index contributed by atoms with van der Waals surface area (Å²) in [7, 11) is 1.23. The molecule has 0 spiro atoms. The van der Waals surface area contributed by atoms with E-state index in [-0.39, 0.29) is 11.4 Å². The Kier molecular flexibility index (Phi) is 5.09. The molecule has 1 heterocycles. The average molecular weight is 349 g/mol. The highest BCUT2D eigenvalue weighted by Gasteiger charge is 2.32. The second kappa shape index (κ2) is 6.88. The third-order valence-electron chi connectivity index (χ3n) is 3.36. The molecule has 0 aliphatic heterocycles. The summed E-state index contributed by atoms with van der Waals surface area (Å²) in [5, 5.41) is 13.1. The molecule has 1 aromatic heterocycles. The number of aromatic nitrogens is 1. The first-order valence-corrected chi connectivity index (χ1v) is 7.48. The highest BCUT2D eigenvalue weighted by molar-refractivity contribution is 6.30. The number of nitrogens with zero attached hydrogens (tertiary/aromatic N) is 1. The maximum absolute atomic E-state index is 12.2. The average Bonchev–Trinajstić information content (AvgIpc) is 2.53. The number of nitrogens with one attached hydrogen (secondary N) is 1. The summed E-state index contributed by atoms with van der Waals surface area (Å²) in [6, 6.07) is 8.45. The van der Waals surface area contributed by atoms with Crippen molar-refractivity contribution >= 4 is 23.5 Å². The standard InChI is InChI=1S/C17H17ClN2O4/c1-17(2,16(23)24-3)20-15(22)14-13(21)8-11(9-19-14)10-5-4-6-12(18)7-10/h4-9,21H,1-3H3,(H,20,22). The van der Waals surface area contributed by atoms with Crippen LogP contribution < -0.4 is 5.32 Å². The molecule has 24 heavy (non-hydrogen) atoms. The number of halogens is 1. The Morgan fingerprint density at radius 1 is 1.25 bits per heavy atom. The van der Waals surface area contributed by atoms with E-state index in [1.54, 1.807) is 18.2 Å². The van der Waals surface area contributed by atoms with Gasteiger partial charge in [0, 0.05) is 16.8 Å². The third kappa shape index (κ3) is 3.83. The van der Waals surface area contributed by atoms with Crippen LogP contribution in [0, 0.1) is 0 Å². The van der Waals surface area contributed by atoms with Crippen LogP contribution in [0.1, 0.15) is 24.3 Å². The fourth-order valence-corrected chi connectivity index (χ4v) is 2.29. The van der Waals surface area contributed by atoms with Gasteiger partial charge in [-0.05, 0) is 37.6 Å². The lowest BCUT2D eigenvalue weighted by Gasteiger charge is -2.23. The van der Waals surface area contributed by atoms with E-state index < -0.39 is 17.4 Å². The number of amides is 1. The number of rotatable bonds is 4. The second-order valence-corrected chi connectivity index (χ2v) is 6.11. The van der Waals surface area contributed by atoms with Gasteiger partial charge in [0.25, 0.3) is 5.91 Å². The van der Waals surface area contributed by atoms with E-state index in [0.29, 0.717) is 10.6 Å². The van der Waals surface area contributed by atoms with E-state index >= 15 is 0 Å². The zero-order chi connectivity index (χ0) is 17.9. The molecular formula is C17H17ClN2O4. The predicted molar refractivity (Wildman–Crippen MR) is 89.9 cm³/mol. The molecule has 2 rings (SSSR count). The van der Waals surface area contributed by atoms with Crippen molar-refractivity contribution < 1.29 is 19.4 Å². The van der Waals surface area contributed by atoms with Gasteiger partial charge in [0.05, 0.1) is 7.11 Å². The molecule has 126 valence electrons. The number of methoxy groups -OCH3 is 1. The number of carbonyl (C=O) groups excluding carboxylic acids is 2. The molecular weight excluding hydrogens is 332 g/mol. The van der Waals surface area contributed by atoms with Crippen molar-refractivity contribution in [2.45, 2.75) is 19.4 Å². The summed E-state index contributed by atoms with van der Waals surface area (Å²) >= 11 is 5.94. The van der Waals surface area contributed by atoms with Crippen LogP contribution in [0.4, 0.5) is 0 Å². The molecule has 2 aromatic rings. The second-order valence-electron chi connectivity index (χ2n) is 5.67. The summed E-state index contributed by atoms with van der Waals surface area (Å²) in [4.78, 5) is 27.9. The Bertz CT molecular complexity index is 790. The van der Waals surface area contributed by atoms with Crippen LogP contribution in [-0.2, 0) is 9.53 Å². The number of benzene rings is 1. The van der Waals surface area contributed by atoms with Gasteiger partial charge in [0.1, 0.15) is 11.3 Å². The highest BCUT2D eigenvalue weighted by Crippen LogP contribution is 2.26. The van der Waals surface area contributed by atoms with Crippen LogP contribution in [0.2, 0.25) is 5.02 Å². The quantitative estimate of drug-likeness (QED) is 0.829.